The molecule has 4 N–H and O–H groups in total. The number of nitrogens with zero attached hydrogens (tertiary/aromatic N) is 1. The molecule has 0 bridgehead atoms. The molecule has 0 aromatic carbocycles. The van der Waals surface area contributed by atoms with Crippen LogP contribution in [0.5, 0.6) is 0 Å². The van der Waals surface area contributed by atoms with Crippen molar-refractivity contribution in [3.63, 3.8) is 0 Å². The summed E-state index contributed by atoms with van der Waals surface area (Å²) in [6.45, 7) is 0. The highest BCUT2D eigenvalue weighted by atomic mass is 32.2. The number of sulfonamides is 1. The van der Waals surface area contributed by atoms with Gasteiger partial charge in [0.15, 0.2) is 4.90 Å². The molecule has 10 nitrogen and oxygen atoms in total. The molecule has 110 valence electrons. The molecule has 0 aliphatic carbocycles. The van der Waals surface area contributed by atoms with Crippen LogP contribution >= 0.6 is 0 Å². The van der Waals surface area contributed by atoms with Gasteiger partial charge in [0.2, 0.25) is 0 Å². The molecule has 2 rings (SSSR count). The summed E-state index contributed by atoms with van der Waals surface area (Å²) in [7, 11) is -4.25. The van der Waals surface area contributed by atoms with Gasteiger partial charge in [-0.05, 0) is 12.1 Å². The number of pyridine rings is 1. The lowest BCUT2D eigenvalue weighted by Gasteiger charge is -2.06. The summed E-state index contributed by atoms with van der Waals surface area (Å²) < 4.78 is 25.9. The normalized spacial score (nSPS) is 11.0. The second-order valence-electron chi connectivity index (χ2n) is 3.78. The Bertz CT molecular complexity index is 896. The molecule has 0 atom stereocenters. The molecule has 0 aliphatic heterocycles. The number of rotatable bonds is 4. The van der Waals surface area contributed by atoms with Crippen LogP contribution in [-0.2, 0) is 10.0 Å². The Kier molecular flexibility index (Phi) is 3.58. The van der Waals surface area contributed by atoms with E-state index in [4.69, 9.17) is 5.11 Å². The van der Waals surface area contributed by atoms with E-state index in [0.29, 0.717) is 0 Å². The highest BCUT2D eigenvalue weighted by molar-refractivity contribution is 7.92. The minimum absolute atomic E-state index is 0.0365. The summed E-state index contributed by atoms with van der Waals surface area (Å²) >= 11 is 0. The summed E-state index contributed by atoms with van der Waals surface area (Å²) in [5.41, 5.74) is -2.22. The Balaban J connectivity index is 2.35. The maximum absolute atomic E-state index is 12.0. The Morgan fingerprint density at radius 3 is 2.52 bits per heavy atom. The van der Waals surface area contributed by atoms with Gasteiger partial charge >= 0.3 is 11.7 Å². The molecular weight excluding hydrogens is 304 g/mol. The zero-order valence-corrected chi connectivity index (χ0v) is 11.0. The van der Waals surface area contributed by atoms with Crippen LogP contribution in [0.4, 0.5) is 5.69 Å². The number of carboxylic acid groups (broad SMARTS) is 1. The first-order valence-electron chi connectivity index (χ1n) is 5.34. The van der Waals surface area contributed by atoms with E-state index in [2.05, 4.69) is 4.98 Å². The molecule has 2 heterocycles. The van der Waals surface area contributed by atoms with E-state index >= 15 is 0 Å². The van der Waals surface area contributed by atoms with Gasteiger partial charge in [0, 0.05) is 6.20 Å². The van der Waals surface area contributed by atoms with E-state index in [1.807, 2.05) is 9.71 Å². The van der Waals surface area contributed by atoms with Crippen LogP contribution in [0, 0.1) is 0 Å². The van der Waals surface area contributed by atoms with Crippen molar-refractivity contribution in [1.29, 1.82) is 0 Å². The van der Waals surface area contributed by atoms with Gasteiger partial charge < -0.3 is 10.1 Å². The van der Waals surface area contributed by atoms with E-state index in [1.165, 1.54) is 6.07 Å². The number of carbonyl (C=O) groups is 1. The Hall–Kier alpha value is -2.95. The zero-order valence-electron chi connectivity index (χ0n) is 10.2. The average Bonchev–Trinajstić information content (AvgIpc) is 2.38. The van der Waals surface area contributed by atoms with Crippen molar-refractivity contribution >= 4 is 21.7 Å². The van der Waals surface area contributed by atoms with Crippen LogP contribution in [0.25, 0.3) is 0 Å². The molecule has 11 heteroatoms. The van der Waals surface area contributed by atoms with Crippen molar-refractivity contribution in [3.8, 4) is 0 Å². The number of anilines is 1. The fourth-order valence-electron chi connectivity index (χ4n) is 1.39. The number of aromatic carboxylic acids is 1. The predicted molar refractivity (Wildman–Crippen MR) is 69.7 cm³/mol. The van der Waals surface area contributed by atoms with Gasteiger partial charge in [-0.2, -0.15) is 0 Å². The maximum atomic E-state index is 12.0. The van der Waals surface area contributed by atoms with Gasteiger partial charge in [-0.15, -0.1) is 0 Å². The summed E-state index contributed by atoms with van der Waals surface area (Å²) in [6, 6.07) is 2.27. The van der Waals surface area contributed by atoms with Crippen molar-refractivity contribution in [2.24, 2.45) is 0 Å². The molecule has 2 aromatic heterocycles. The fraction of sp³-hybridized carbons (Fsp3) is 0. The fourth-order valence-corrected chi connectivity index (χ4v) is 2.44. The lowest BCUT2D eigenvalue weighted by molar-refractivity contribution is 0.0690. The molecule has 0 saturated carbocycles. The molecule has 0 saturated heterocycles. The minimum atomic E-state index is -4.25. The number of hydrogen-bond acceptors (Lipinski definition) is 6. The van der Waals surface area contributed by atoms with Crippen LogP contribution in [0.1, 0.15) is 10.5 Å². The molecule has 21 heavy (non-hydrogen) atoms. The molecule has 2 aromatic rings. The highest BCUT2D eigenvalue weighted by Crippen LogP contribution is 2.11. The smallest absolute Gasteiger partial charge is 0.354 e. The van der Waals surface area contributed by atoms with E-state index in [-0.39, 0.29) is 11.4 Å². The SMILES string of the molecule is O=C(O)c1ccc(NS(=O)(=O)c2c[nH]c(=O)[nH]c2=O)cn1. The number of carboxylic acids is 1. The van der Waals surface area contributed by atoms with Crippen LogP contribution in [0.15, 0.2) is 39.0 Å². The monoisotopic (exact) mass is 312 g/mol. The van der Waals surface area contributed by atoms with Crippen LogP contribution in [0.2, 0.25) is 0 Å². The third kappa shape index (κ3) is 3.14. The second kappa shape index (κ2) is 5.20. The van der Waals surface area contributed by atoms with Gasteiger partial charge in [-0.25, -0.2) is 23.0 Å². The average molecular weight is 312 g/mol. The lowest BCUT2D eigenvalue weighted by atomic mass is 10.3. The van der Waals surface area contributed by atoms with Crippen LogP contribution in [-0.4, -0.2) is 34.4 Å². The first-order chi connectivity index (χ1) is 9.79. The van der Waals surface area contributed by atoms with E-state index in [9.17, 15) is 22.8 Å². The molecule has 0 spiro atoms. The van der Waals surface area contributed by atoms with Crippen LogP contribution in [0.3, 0.4) is 0 Å². The molecule has 0 fully saturated rings. The molecular formula is C10H8N4O6S. The van der Waals surface area contributed by atoms with Gasteiger partial charge in [0.1, 0.15) is 5.69 Å². The summed E-state index contributed by atoms with van der Waals surface area (Å²) in [5, 5.41) is 8.67. The first-order valence-corrected chi connectivity index (χ1v) is 6.82. The number of H-pyrrole nitrogens is 2. The highest BCUT2D eigenvalue weighted by Gasteiger charge is 2.19. The summed E-state index contributed by atoms with van der Waals surface area (Å²) in [6.07, 6.45) is 1.74. The van der Waals surface area contributed by atoms with E-state index in [0.717, 1.165) is 18.5 Å². The summed E-state index contributed by atoms with van der Waals surface area (Å²) in [5.74, 6) is -1.26. The van der Waals surface area contributed by atoms with Crippen molar-refractivity contribution in [1.82, 2.24) is 15.0 Å². The zero-order chi connectivity index (χ0) is 15.6. The molecule has 0 aliphatic rings. The van der Waals surface area contributed by atoms with Gasteiger partial charge in [-0.3, -0.25) is 14.5 Å². The molecule has 0 amide bonds. The summed E-state index contributed by atoms with van der Waals surface area (Å²) in [4.78, 5) is 39.5. The number of hydrogen-bond donors (Lipinski definition) is 4. The molecule has 0 unspecified atom stereocenters. The van der Waals surface area contributed by atoms with Crippen LogP contribution < -0.4 is 16.0 Å². The standard InChI is InChI=1S/C10H8N4O6S/c15-8-7(4-12-10(18)13-8)21(19,20)14-5-1-2-6(9(16)17)11-3-5/h1-4,14H,(H,16,17)(H2,12,13,15,18). The van der Waals surface area contributed by atoms with E-state index in [1.54, 1.807) is 4.98 Å². The third-order valence-electron chi connectivity index (χ3n) is 2.31. The Morgan fingerprint density at radius 2 is 2.00 bits per heavy atom. The quantitative estimate of drug-likeness (QED) is 0.560. The van der Waals surface area contributed by atoms with Gasteiger partial charge in [0.25, 0.3) is 15.6 Å². The topological polar surface area (TPSA) is 162 Å². The number of aromatic nitrogens is 3. The minimum Gasteiger partial charge on any atom is -0.477 e. The van der Waals surface area contributed by atoms with Gasteiger partial charge in [0.05, 0.1) is 11.9 Å². The Morgan fingerprint density at radius 1 is 1.29 bits per heavy atom. The number of aromatic amines is 2. The van der Waals surface area contributed by atoms with E-state index < -0.39 is 32.1 Å². The second-order valence-corrected chi connectivity index (χ2v) is 5.43. The molecule has 0 radical (unpaired) electrons. The van der Waals surface area contributed by atoms with Crippen molar-refractivity contribution in [2.75, 3.05) is 4.72 Å². The third-order valence-corrected chi connectivity index (χ3v) is 3.70. The Labute approximate surface area is 116 Å². The lowest BCUT2D eigenvalue weighted by Crippen LogP contribution is -2.29. The van der Waals surface area contributed by atoms with Crippen molar-refractivity contribution in [3.05, 3.63) is 51.1 Å². The largest absolute Gasteiger partial charge is 0.477 e. The predicted octanol–water partition coefficient (Wildman–Crippen LogP) is -1.04. The first kappa shape index (κ1) is 14.5. The number of nitrogens with one attached hydrogen (secondary N) is 3. The van der Waals surface area contributed by atoms with Crippen molar-refractivity contribution < 1.29 is 18.3 Å². The van der Waals surface area contributed by atoms with Crippen molar-refractivity contribution in [2.45, 2.75) is 4.90 Å². The van der Waals surface area contributed by atoms with Gasteiger partial charge in [-0.1, -0.05) is 0 Å². The maximum Gasteiger partial charge on any atom is 0.354 e.